The van der Waals surface area contributed by atoms with Crippen molar-refractivity contribution in [2.75, 3.05) is 7.05 Å². The molecule has 0 spiro atoms. The van der Waals surface area contributed by atoms with Gasteiger partial charge in [0.1, 0.15) is 0 Å². The monoisotopic (exact) mass is 534 g/mol. The molecule has 4 heteroatoms. The van der Waals surface area contributed by atoms with Crippen molar-refractivity contribution < 1.29 is 4.57 Å². The second-order valence-electron chi connectivity index (χ2n) is 9.36. The van der Waals surface area contributed by atoms with E-state index < -0.39 is 18.4 Å². The molecule has 0 aliphatic heterocycles. The number of nitrogens with one attached hydrogen (secondary N) is 1. The van der Waals surface area contributed by atoms with Crippen molar-refractivity contribution in [1.29, 1.82) is 0 Å². The summed E-state index contributed by atoms with van der Waals surface area (Å²) < 4.78 is 11.1. The van der Waals surface area contributed by atoms with Gasteiger partial charge in [-0.2, -0.15) is 0 Å². The van der Waals surface area contributed by atoms with Gasteiger partial charge in [-0.15, -0.1) is 0 Å². The Labute approximate surface area is 196 Å². The van der Waals surface area contributed by atoms with E-state index in [-0.39, 0.29) is 0 Å². The standard InChI is InChI=1S/C11H20N2.C8H10N.2C4H9.Sn/c1-3-5-6-7-8-13-10-9-12(4-2)11-13;1-9-7-8-5-3-2-4-6-8;2*1-3-4-2;/h9-11H,1,3-8H2,2H3;3-6,9H,7H2,1H3;2*1,3-4H2,2H3;/q+1;;;;. The summed E-state index contributed by atoms with van der Waals surface area (Å²) in [4.78, 5) is 0. The minimum atomic E-state index is -2.33. The molecule has 2 aromatic rings. The molecule has 2 rings (SSSR count). The Bertz CT molecular complexity index is 700. The van der Waals surface area contributed by atoms with Gasteiger partial charge in [0.15, 0.2) is 0 Å². The molecule has 0 atom stereocenters. The number of hydrogen-bond acceptors (Lipinski definition) is 1. The molecule has 31 heavy (non-hydrogen) atoms. The molecule has 0 saturated carbocycles. The van der Waals surface area contributed by atoms with Gasteiger partial charge in [-0.05, 0) is 0 Å². The molecule has 0 amide bonds. The topological polar surface area (TPSA) is 20.8 Å². The van der Waals surface area contributed by atoms with Gasteiger partial charge in [-0.25, -0.2) is 0 Å². The Kier molecular flexibility index (Phi) is 12.9. The molecule has 3 nitrogen and oxygen atoms in total. The van der Waals surface area contributed by atoms with Crippen LogP contribution in [0.1, 0.15) is 77.7 Å². The number of rotatable bonds is 17. The van der Waals surface area contributed by atoms with Crippen LogP contribution in [0.2, 0.25) is 13.3 Å². The van der Waals surface area contributed by atoms with Crippen LogP contribution in [0.4, 0.5) is 0 Å². The molecule has 0 radical (unpaired) electrons. The van der Waals surface area contributed by atoms with Crippen LogP contribution in [0, 0.1) is 0 Å². The van der Waals surface area contributed by atoms with E-state index in [0.29, 0.717) is 0 Å². The average molecular weight is 533 g/mol. The molecular formula is C27H48N3Sn+. The van der Waals surface area contributed by atoms with Crippen molar-refractivity contribution in [3.63, 3.8) is 0 Å². The minimum absolute atomic E-state index is 0.979. The fourth-order valence-electron chi connectivity index (χ4n) is 4.89. The van der Waals surface area contributed by atoms with E-state index in [4.69, 9.17) is 0 Å². The third-order valence-corrected chi connectivity index (χ3v) is 22.6. The van der Waals surface area contributed by atoms with Gasteiger partial charge >= 0.3 is 197 Å². The van der Waals surface area contributed by atoms with Gasteiger partial charge in [-0.3, -0.25) is 0 Å². The zero-order valence-corrected chi connectivity index (χ0v) is 23.7. The molecule has 0 aliphatic rings. The zero-order chi connectivity index (χ0) is 22.4. The summed E-state index contributed by atoms with van der Waals surface area (Å²) >= 11 is -2.33. The predicted octanol–water partition coefficient (Wildman–Crippen LogP) is 6.03. The number of imidazole rings is 1. The van der Waals surface area contributed by atoms with Crippen molar-refractivity contribution in [3.05, 3.63) is 48.5 Å². The molecule has 0 unspecified atom stereocenters. The quantitative estimate of drug-likeness (QED) is 0.150. The van der Waals surface area contributed by atoms with Crippen LogP contribution in [0.5, 0.6) is 0 Å². The van der Waals surface area contributed by atoms with Crippen LogP contribution in [0.25, 0.3) is 0 Å². The molecule has 0 fully saturated rings. The molecule has 1 aromatic carbocycles. The summed E-state index contributed by atoms with van der Waals surface area (Å²) in [5.74, 6) is 0. The fourth-order valence-corrected chi connectivity index (χ4v) is 20.5. The van der Waals surface area contributed by atoms with Crippen molar-refractivity contribution in [1.82, 2.24) is 9.88 Å². The summed E-state index contributed by atoms with van der Waals surface area (Å²) in [5.41, 5.74) is 1.42. The number of hydrogen-bond donors (Lipinski definition) is 1. The molecule has 0 bridgehead atoms. The molecule has 0 aliphatic carbocycles. The third kappa shape index (κ3) is 8.92. The van der Waals surface area contributed by atoms with Gasteiger partial charge in [0, 0.05) is 0 Å². The second kappa shape index (κ2) is 15.1. The molecule has 174 valence electrons. The first-order valence-corrected chi connectivity index (χ1v) is 20.4. The number of aromatic nitrogens is 2. The molecule has 1 aromatic heterocycles. The predicted molar refractivity (Wildman–Crippen MR) is 138 cm³/mol. The van der Waals surface area contributed by atoms with Crippen LogP contribution in [-0.2, 0) is 19.6 Å². The maximum absolute atomic E-state index is 3.30. The van der Waals surface area contributed by atoms with E-state index in [2.05, 4.69) is 78.2 Å². The van der Waals surface area contributed by atoms with Crippen LogP contribution >= 0.6 is 0 Å². The van der Waals surface area contributed by atoms with E-state index in [1.54, 1.807) is 16.9 Å². The zero-order valence-electron chi connectivity index (χ0n) is 20.8. The van der Waals surface area contributed by atoms with Gasteiger partial charge in [0.2, 0.25) is 0 Å². The number of benzene rings is 1. The first-order valence-electron chi connectivity index (χ1n) is 13.0. The van der Waals surface area contributed by atoms with E-state index >= 15 is 0 Å². The SMILES string of the molecule is CCC[CH2][Sn]([CH2]CCC)([CH2]CCCCC[n+]1ccn(CC)c1)[c]1ccc(CNC)cc1. The Balaban J connectivity index is 1.94. The summed E-state index contributed by atoms with van der Waals surface area (Å²) in [6, 6.07) is 9.86. The van der Waals surface area contributed by atoms with Crippen molar-refractivity contribution in [2.24, 2.45) is 0 Å². The van der Waals surface area contributed by atoms with Gasteiger partial charge in [0.05, 0.1) is 0 Å². The van der Waals surface area contributed by atoms with E-state index in [1.807, 2.05) is 7.05 Å². The molecule has 0 saturated heterocycles. The summed E-state index contributed by atoms with van der Waals surface area (Å²) in [5, 5.41) is 3.30. The molecule has 1 N–H and O–H groups in total. The second-order valence-corrected chi connectivity index (χ2v) is 22.6. The number of aryl methyl sites for hydroxylation is 2. The molecular weight excluding hydrogens is 485 g/mol. The van der Waals surface area contributed by atoms with Gasteiger partial charge in [0.25, 0.3) is 0 Å². The van der Waals surface area contributed by atoms with Gasteiger partial charge in [-0.1, -0.05) is 0 Å². The van der Waals surface area contributed by atoms with E-state index in [9.17, 15) is 0 Å². The van der Waals surface area contributed by atoms with E-state index in [1.165, 1.54) is 63.5 Å². The summed E-state index contributed by atoms with van der Waals surface area (Å²) in [6.45, 7) is 10.2. The maximum atomic E-state index is 3.30. The number of nitrogens with zero attached hydrogens (tertiary/aromatic N) is 2. The third-order valence-electron chi connectivity index (χ3n) is 6.90. The van der Waals surface area contributed by atoms with Crippen LogP contribution in [0.3, 0.4) is 0 Å². The van der Waals surface area contributed by atoms with Crippen molar-refractivity contribution >= 4 is 22.0 Å². The Morgan fingerprint density at radius 3 is 2.06 bits per heavy atom. The Hall–Kier alpha value is -0.811. The normalized spacial score (nSPS) is 11.9. The van der Waals surface area contributed by atoms with E-state index in [0.717, 1.165) is 13.1 Å². The fraction of sp³-hybridized carbons (Fsp3) is 0.667. The van der Waals surface area contributed by atoms with Crippen molar-refractivity contribution in [3.8, 4) is 0 Å². The van der Waals surface area contributed by atoms with Crippen LogP contribution in [0.15, 0.2) is 43.0 Å². The summed E-state index contributed by atoms with van der Waals surface area (Å²) in [7, 11) is 2.04. The van der Waals surface area contributed by atoms with Crippen LogP contribution < -0.4 is 13.5 Å². The first kappa shape index (κ1) is 26.4. The number of unbranched alkanes of at least 4 members (excludes halogenated alkanes) is 5. The first-order chi connectivity index (χ1) is 15.2. The summed E-state index contributed by atoms with van der Waals surface area (Å²) in [6.07, 6.45) is 17.7. The van der Waals surface area contributed by atoms with Crippen molar-refractivity contribution in [2.45, 2.75) is 105 Å². The Morgan fingerprint density at radius 2 is 1.48 bits per heavy atom. The Morgan fingerprint density at radius 1 is 0.839 bits per heavy atom. The van der Waals surface area contributed by atoms with Gasteiger partial charge < -0.3 is 0 Å². The van der Waals surface area contributed by atoms with Crippen LogP contribution in [-0.4, -0.2) is 30.0 Å². The average Bonchev–Trinajstić information content (AvgIpc) is 3.26. The molecule has 1 heterocycles.